The first kappa shape index (κ1) is 16.1. The van der Waals surface area contributed by atoms with Gasteiger partial charge < -0.3 is 10.1 Å². The van der Waals surface area contributed by atoms with Crippen LogP contribution < -0.4 is 5.32 Å². The minimum atomic E-state index is -0.543. The van der Waals surface area contributed by atoms with Gasteiger partial charge in [0.2, 0.25) is 0 Å². The minimum absolute atomic E-state index is 0.0891. The van der Waals surface area contributed by atoms with E-state index in [1.807, 2.05) is 42.6 Å². The molecule has 1 fully saturated rings. The van der Waals surface area contributed by atoms with Crippen LogP contribution in [0.25, 0.3) is 0 Å². The predicted molar refractivity (Wildman–Crippen MR) is 91.2 cm³/mol. The third-order valence-corrected chi connectivity index (χ3v) is 4.90. The Morgan fingerprint density at radius 3 is 2.74 bits per heavy atom. The maximum absolute atomic E-state index is 12.7. The number of benzene rings is 1. The van der Waals surface area contributed by atoms with Gasteiger partial charge in [0.15, 0.2) is 6.10 Å². The van der Waals surface area contributed by atoms with Crippen molar-refractivity contribution in [3.05, 3.63) is 52.0 Å². The number of carbonyl (C=O) groups is 1. The van der Waals surface area contributed by atoms with E-state index < -0.39 is 6.10 Å². The summed E-state index contributed by atoms with van der Waals surface area (Å²) >= 11 is 1.59. The smallest absolute Gasteiger partial charge is 0.254 e. The molecule has 1 heterocycles. The minimum Gasteiger partial charge on any atom is -0.360 e. The first-order valence-electron chi connectivity index (χ1n) is 8.11. The second kappa shape index (κ2) is 7.70. The second-order valence-corrected chi connectivity index (χ2v) is 6.97. The number of aryl methyl sites for hydroxylation is 1. The van der Waals surface area contributed by atoms with Gasteiger partial charge in [0.25, 0.3) is 5.91 Å². The molecular formula is C18H22N2O2S. The molecule has 23 heavy (non-hydrogen) atoms. The zero-order valence-corrected chi connectivity index (χ0v) is 14.1. The van der Waals surface area contributed by atoms with Crippen molar-refractivity contribution in [3.8, 4) is 0 Å². The van der Waals surface area contributed by atoms with E-state index in [0.29, 0.717) is 6.54 Å². The van der Waals surface area contributed by atoms with Gasteiger partial charge in [0.1, 0.15) is 0 Å². The van der Waals surface area contributed by atoms with Crippen LogP contribution in [-0.2, 0) is 16.1 Å². The van der Waals surface area contributed by atoms with E-state index in [9.17, 15) is 4.79 Å². The van der Waals surface area contributed by atoms with Crippen molar-refractivity contribution in [1.82, 2.24) is 10.3 Å². The summed E-state index contributed by atoms with van der Waals surface area (Å²) < 4.78 is 6.12. The Labute approximate surface area is 140 Å². The molecule has 1 aliphatic rings. The molecule has 0 saturated heterocycles. The van der Waals surface area contributed by atoms with Crippen molar-refractivity contribution >= 4 is 17.2 Å². The molecule has 0 bridgehead atoms. The number of nitrogens with one attached hydrogen (secondary N) is 1. The quantitative estimate of drug-likeness (QED) is 0.877. The third-order valence-electron chi connectivity index (χ3n) is 4.08. The van der Waals surface area contributed by atoms with E-state index in [1.165, 1.54) is 12.8 Å². The molecule has 1 saturated carbocycles. The van der Waals surface area contributed by atoms with Crippen molar-refractivity contribution < 1.29 is 9.53 Å². The summed E-state index contributed by atoms with van der Waals surface area (Å²) in [6, 6.07) is 9.74. The molecule has 3 rings (SSSR count). The van der Waals surface area contributed by atoms with Crippen molar-refractivity contribution in [2.75, 3.05) is 0 Å². The molecule has 5 heteroatoms. The standard InChI is InChI=1S/C18H22N2O2S/c1-13-20-15(12-23-13)11-19-18(21)17(14-7-3-2-4-8-14)22-16-9-5-6-10-16/h2-4,7-8,12,16-17H,5-6,9-11H2,1H3,(H,19,21). The molecule has 1 aromatic heterocycles. The van der Waals surface area contributed by atoms with Gasteiger partial charge in [-0.1, -0.05) is 43.2 Å². The molecule has 1 unspecified atom stereocenters. The van der Waals surface area contributed by atoms with Crippen LogP contribution in [0.3, 0.4) is 0 Å². The third kappa shape index (κ3) is 4.39. The molecule has 0 spiro atoms. The zero-order chi connectivity index (χ0) is 16.1. The topological polar surface area (TPSA) is 51.2 Å². The molecule has 1 atom stereocenters. The van der Waals surface area contributed by atoms with Crippen LogP contribution >= 0.6 is 11.3 Å². The van der Waals surface area contributed by atoms with E-state index in [4.69, 9.17) is 4.74 Å². The predicted octanol–water partition coefficient (Wildman–Crippen LogP) is 3.77. The molecule has 4 nitrogen and oxygen atoms in total. The number of nitrogens with zero attached hydrogens (tertiary/aromatic N) is 1. The van der Waals surface area contributed by atoms with Gasteiger partial charge in [-0.15, -0.1) is 11.3 Å². The van der Waals surface area contributed by atoms with E-state index in [0.717, 1.165) is 29.1 Å². The number of amides is 1. The van der Waals surface area contributed by atoms with Gasteiger partial charge >= 0.3 is 0 Å². The number of ether oxygens (including phenoxy) is 1. The van der Waals surface area contributed by atoms with Gasteiger partial charge in [0.05, 0.1) is 23.4 Å². The second-order valence-electron chi connectivity index (χ2n) is 5.91. The lowest BCUT2D eigenvalue weighted by atomic mass is 10.1. The van der Waals surface area contributed by atoms with Crippen LogP contribution in [0.15, 0.2) is 35.7 Å². The highest BCUT2D eigenvalue weighted by molar-refractivity contribution is 7.09. The molecule has 0 aliphatic heterocycles. The molecule has 1 aliphatic carbocycles. The Hall–Kier alpha value is -1.72. The Balaban J connectivity index is 1.67. The number of rotatable bonds is 6. The maximum atomic E-state index is 12.7. The highest BCUT2D eigenvalue weighted by Gasteiger charge is 2.27. The number of aromatic nitrogens is 1. The lowest BCUT2D eigenvalue weighted by molar-refractivity contribution is -0.137. The van der Waals surface area contributed by atoms with Crippen molar-refractivity contribution in [2.24, 2.45) is 0 Å². The molecule has 122 valence electrons. The fourth-order valence-electron chi connectivity index (χ4n) is 2.90. The summed E-state index contributed by atoms with van der Waals surface area (Å²) in [5.41, 5.74) is 1.81. The van der Waals surface area contributed by atoms with Crippen LogP contribution in [0, 0.1) is 6.92 Å². The van der Waals surface area contributed by atoms with Crippen LogP contribution in [0.1, 0.15) is 48.1 Å². The van der Waals surface area contributed by atoms with Crippen LogP contribution in [0.5, 0.6) is 0 Å². The largest absolute Gasteiger partial charge is 0.360 e. The van der Waals surface area contributed by atoms with Crippen LogP contribution in [-0.4, -0.2) is 17.0 Å². The highest BCUT2D eigenvalue weighted by Crippen LogP contribution is 2.28. The summed E-state index contributed by atoms with van der Waals surface area (Å²) in [6.45, 7) is 2.41. The average Bonchev–Trinajstić information content (AvgIpc) is 3.23. The van der Waals surface area contributed by atoms with Gasteiger partial charge in [-0.25, -0.2) is 4.98 Å². The fourth-order valence-corrected chi connectivity index (χ4v) is 3.51. The number of hydrogen-bond donors (Lipinski definition) is 1. The molecule has 0 radical (unpaired) electrons. The number of thiazole rings is 1. The lowest BCUT2D eigenvalue weighted by Crippen LogP contribution is -2.32. The molecule has 2 aromatic rings. The maximum Gasteiger partial charge on any atom is 0.254 e. The Morgan fingerprint density at radius 1 is 1.35 bits per heavy atom. The summed E-state index contributed by atoms with van der Waals surface area (Å²) in [7, 11) is 0. The number of carbonyl (C=O) groups excluding carboxylic acids is 1. The van der Waals surface area contributed by atoms with E-state index in [-0.39, 0.29) is 12.0 Å². The molecule has 1 N–H and O–H groups in total. The Kier molecular flexibility index (Phi) is 5.41. The van der Waals surface area contributed by atoms with Gasteiger partial charge in [-0.05, 0) is 25.3 Å². The summed E-state index contributed by atoms with van der Waals surface area (Å²) in [6.07, 6.45) is 4.10. The van der Waals surface area contributed by atoms with E-state index in [1.54, 1.807) is 11.3 Å². The van der Waals surface area contributed by atoms with Gasteiger partial charge in [-0.3, -0.25) is 4.79 Å². The molecular weight excluding hydrogens is 308 g/mol. The SMILES string of the molecule is Cc1nc(CNC(=O)C(OC2CCCC2)c2ccccc2)cs1. The normalized spacial score (nSPS) is 16.4. The van der Waals surface area contributed by atoms with Crippen molar-refractivity contribution in [3.63, 3.8) is 0 Å². The molecule has 1 aromatic carbocycles. The monoisotopic (exact) mass is 330 g/mol. The van der Waals surface area contributed by atoms with Crippen LogP contribution in [0.4, 0.5) is 0 Å². The highest BCUT2D eigenvalue weighted by atomic mass is 32.1. The van der Waals surface area contributed by atoms with Crippen molar-refractivity contribution in [1.29, 1.82) is 0 Å². The summed E-state index contributed by atoms with van der Waals surface area (Å²) in [5, 5.41) is 5.95. The van der Waals surface area contributed by atoms with Gasteiger partial charge in [0, 0.05) is 5.38 Å². The zero-order valence-electron chi connectivity index (χ0n) is 13.3. The van der Waals surface area contributed by atoms with E-state index in [2.05, 4.69) is 10.3 Å². The number of hydrogen-bond acceptors (Lipinski definition) is 4. The Bertz CT molecular complexity index is 635. The van der Waals surface area contributed by atoms with Crippen molar-refractivity contribution in [2.45, 2.75) is 51.4 Å². The summed E-state index contributed by atoms with van der Waals surface area (Å²) in [5.74, 6) is -0.0891. The first-order valence-corrected chi connectivity index (χ1v) is 8.99. The van der Waals surface area contributed by atoms with E-state index >= 15 is 0 Å². The van der Waals surface area contributed by atoms with Gasteiger partial charge in [-0.2, -0.15) is 0 Å². The average molecular weight is 330 g/mol. The van der Waals surface area contributed by atoms with Crippen LogP contribution in [0.2, 0.25) is 0 Å². The lowest BCUT2D eigenvalue weighted by Gasteiger charge is -2.21. The Morgan fingerprint density at radius 2 is 2.09 bits per heavy atom. The summed E-state index contributed by atoms with van der Waals surface area (Å²) in [4.78, 5) is 17.0. The fraction of sp³-hybridized carbons (Fsp3) is 0.444. The first-order chi connectivity index (χ1) is 11.2. The molecule has 1 amide bonds.